The van der Waals surface area contributed by atoms with Crippen LogP contribution in [0.25, 0.3) is 0 Å². The third-order valence-electron chi connectivity index (χ3n) is 2.54. The third-order valence-corrected chi connectivity index (χ3v) is 2.74. The lowest BCUT2D eigenvalue weighted by molar-refractivity contribution is 0.0991. The smallest absolute Gasteiger partial charge is 0.180 e. The highest BCUT2D eigenvalue weighted by Crippen LogP contribution is 2.29. The Hall–Kier alpha value is -1.02. The Morgan fingerprint density at radius 2 is 2.33 bits per heavy atom. The Morgan fingerprint density at radius 1 is 1.60 bits per heavy atom. The normalized spacial score (nSPS) is 20.6. The van der Waals surface area contributed by atoms with Crippen LogP contribution in [-0.4, -0.2) is 17.3 Å². The minimum absolute atomic E-state index is 0.0287. The van der Waals surface area contributed by atoms with Gasteiger partial charge in [0.05, 0.1) is 5.38 Å². The van der Waals surface area contributed by atoms with Crippen molar-refractivity contribution in [3.8, 4) is 5.75 Å². The van der Waals surface area contributed by atoms with Crippen molar-refractivity contribution in [2.45, 2.75) is 31.7 Å². The Kier molecular flexibility index (Phi) is 2.70. The SMILES string of the molecule is CC1Cc2cc(C(=O)C(C)Cl)ccc2O1. The Morgan fingerprint density at radius 3 is 3.00 bits per heavy atom. The number of alkyl halides is 1. The van der Waals surface area contributed by atoms with E-state index in [-0.39, 0.29) is 11.9 Å². The van der Waals surface area contributed by atoms with Crippen molar-refractivity contribution in [1.29, 1.82) is 0 Å². The summed E-state index contributed by atoms with van der Waals surface area (Å²) in [6.07, 6.45) is 1.08. The quantitative estimate of drug-likeness (QED) is 0.571. The fraction of sp³-hybridized carbons (Fsp3) is 0.417. The van der Waals surface area contributed by atoms with E-state index in [1.807, 2.05) is 19.1 Å². The fourth-order valence-corrected chi connectivity index (χ4v) is 1.93. The maximum absolute atomic E-state index is 11.7. The molecule has 0 aromatic heterocycles. The molecule has 1 heterocycles. The van der Waals surface area contributed by atoms with Crippen LogP contribution in [0.15, 0.2) is 18.2 Å². The van der Waals surface area contributed by atoms with Crippen LogP contribution in [-0.2, 0) is 6.42 Å². The van der Waals surface area contributed by atoms with E-state index in [0.29, 0.717) is 5.56 Å². The van der Waals surface area contributed by atoms with Gasteiger partial charge in [0, 0.05) is 12.0 Å². The van der Waals surface area contributed by atoms with Crippen LogP contribution in [0.2, 0.25) is 0 Å². The van der Waals surface area contributed by atoms with E-state index in [9.17, 15) is 4.79 Å². The number of fused-ring (bicyclic) bond motifs is 1. The largest absolute Gasteiger partial charge is 0.490 e. The Bertz CT molecular complexity index is 399. The van der Waals surface area contributed by atoms with Crippen molar-refractivity contribution in [3.63, 3.8) is 0 Å². The summed E-state index contributed by atoms with van der Waals surface area (Å²) in [6.45, 7) is 3.71. The van der Waals surface area contributed by atoms with Gasteiger partial charge in [-0.25, -0.2) is 0 Å². The molecule has 0 spiro atoms. The number of ketones is 1. The number of rotatable bonds is 2. The van der Waals surface area contributed by atoms with Gasteiger partial charge in [-0.1, -0.05) is 0 Å². The number of carbonyl (C=O) groups excluding carboxylic acids is 1. The van der Waals surface area contributed by atoms with E-state index in [0.717, 1.165) is 17.7 Å². The van der Waals surface area contributed by atoms with E-state index >= 15 is 0 Å². The van der Waals surface area contributed by atoms with E-state index in [1.54, 1.807) is 13.0 Å². The number of ether oxygens (including phenoxy) is 1. The summed E-state index contributed by atoms with van der Waals surface area (Å²) in [5.41, 5.74) is 1.78. The molecule has 80 valence electrons. The molecule has 0 saturated heterocycles. The molecule has 2 nitrogen and oxygen atoms in total. The van der Waals surface area contributed by atoms with Gasteiger partial charge in [-0.15, -0.1) is 11.6 Å². The van der Waals surface area contributed by atoms with Crippen LogP contribution < -0.4 is 4.74 Å². The van der Waals surface area contributed by atoms with Gasteiger partial charge in [-0.2, -0.15) is 0 Å². The molecule has 0 N–H and O–H groups in total. The van der Waals surface area contributed by atoms with Crippen molar-refractivity contribution in [2.24, 2.45) is 0 Å². The lowest BCUT2D eigenvalue weighted by Gasteiger charge is -2.04. The Balaban J connectivity index is 2.31. The summed E-state index contributed by atoms with van der Waals surface area (Å²) in [7, 11) is 0. The molecular weight excluding hydrogens is 212 g/mol. The molecule has 0 aliphatic carbocycles. The van der Waals surface area contributed by atoms with Crippen molar-refractivity contribution in [3.05, 3.63) is 29.3 Å². The number of hydrogen-bond donors (Lipinski definition) is 0. The van der Waals surface area contributed by atoms with Crippen LogP contribution in [0.4, 0.5) is 0 Å². The van der Waals surface area contributed by atoms with Gasteiger partial charge in [-0.3, -0.25) is 4.79 Å². The first kappa shape index (κ1) is 10.5. The maximum Gasteiger partial charge on any atom is 0.180 e. The van der Waals surface area contributed by atoms with Gasteiger partial charge in [0.25, 0.3) is 0 Å². The van der Waals surface area contributed by atoms with Gasteiger partial charge in [0.1, 0.15) is 11.9 Å². The van der Waals surface area contributed by atoms with Crippen molar-refractivity contribution < 1.29 is 9.53 Å². The number of benzene rings is 1. The second kappa shape index (κ2) is 3.86. The minimum Gasteiger partial charge on any atom is -0.490 e. The summed E-state index contributed by atoms with van der Waals surface area (Å²) in [4.78, 5) is 11.7. The summed E-state index contributed by atoms with van der Waals surface area (Å²) in [6, 6.07) is 5.52. The van der Waals surface area contributed by atoms with Gasteiger partial charge >= 0.3 is 0 Å². The molecule has 0 saturated carbocycles. The lowest BCUT2D eigenvalue weighted by Crippen LogP contribution is -2.10. The molecule has 0 radical (unpaired) electrons. The number of carbonyl (C=O) groups is 1. The van der Waals surface area contributed by atoms with Crippen LogP contribution >= 0.6 is 11.6 Å². The number of Topliss-reactive ketones (excluding diaryl/α,β-unsaturated/α-hetero) is 1. The second-order valence-electron chi connectivity index (χ2n) is 3.94. The van der Waals surface area contributed by atoms with Gasteiger partial charge in [0.15, 0.2) is 5.78 Å². The van der Waals surface area contributed by atoms with E-state index in [1.165, 1.54) is 0 Å². The van der Waals surface area contributed by atoms with E-state index in [4.69, 9.17) is 16.3 Å². The molecule has 1 aliphatic rings. The van der Waals surface area contributed by atoms with Crippen LogP contribution in [0.1, 0.15) is 29.8 Å². The monoisotopic (exact) mass is 224 g/mol. The molecule has 3 heteroatoms. The molecule has 0 bridgehead atoms. The van der Waals surface area contributed by atoms with Crippen molar-refractivity contribution in [1.82, 2.24) is 0 Å². The van der Waals surface area contributed by atoms with Gasteiger partial charge in [0.2, 0.25) is 0 Å². The van der Waals surface area contributed by atoms with Crippen molar-refractivity contribution >= 4 is 17.4 Å². The fourth-order valence-electron chi connectivity index (χ4n) is 1.80. The molecular formula is C12H13ClO2. The molecule has 2 rings (SSSR count). The zero-order valence-electron chi connectivity index (χ0n) is 8.79. The topological polar surface area (TPSA) is 26.3 Å². The summed E-state index contributed by atoms with van der Waals surface area (Å²) >= 11 is 5.76. The predicted molar refractivity (Wildman–Crippen MR) is 59.9 cm³/mol. The maximum atomic E-state index is 11.7. The minimum atomic E-state index is -0.470. The molecule has 0 amide bonds. The average molecular weight is 225 g/mol. The molecule has 1 aromatic carbocycles. The van der Waals surface area contributed by atoms with Gasteiger partial charge in [-0.05, 0) is 37.6 Å². The van der Waals surface area contributed by atoms with Gasteiger partial charge < -0.3 is 4.74 Å². The zero-order valence-corrected chi connectivity index (χ0v) is 9.54. The van der Waals surface area contributed by atoms with Crippen molar-refractivity contribution in [2.75, 3.05) is 0 Å². The molecule has 1 aliphatic heterocycles. The molecule has 2 atom stereocenters. The van der Waals surface area contributed by atoms with Crippen LogP contribution in [0.3, 0.4) is 0 Å². The summed E-state index contributed by atoms with van der Waals surface area (Å²) in [5.74, 6) is 0.861. The standard InChI is InChI=1S/C12H13ClO2/c1-7-5-10-6-9(12(14)8(2)13)3-4-11(10)15-7/h3-4,6-8H,5H2,1-2H3. The molecule has 0 fully saturated rings. The highest BCUT2D eigenvalue weighted by Gasteiger charge is 2.21. The first-order chi connectivity index (χ1) is 7.08. The number of hydrogen-bond acceptors (Lipinski definition) is 2. The van der Waals surface area contributed by atoms with E-state index < -0.39 is 5.38 Å². The van der Waals surface area contributed by atoms with E-state index in [2.05, 4.69) is 0 Å². The summed E-state index contributed by atoms with van der Waals surface area (Å²) < 4.78 is 5.56. The zero-order chi connectivity index (χ0) is 11.0. The van der Waals surface area contributed by atoms with Crippen LogP contribution in [0.5, 0.6) is 5.75 Å². The second-order valence-corrected chi connectivity index (χ2v) is 4.59. The highest BCUT2D eigenvalue weighted by atomic mass is 35.5. The third kappa shape index (κ3) is 2.00. The molecule has 1 aromatic rings. The first-order valence-electron chi connectivity index (χ1n) is 5.06. The molecule has 15 heavy (non-hydrogen) atoms. The lowest BCUT2D eigenvalue weighted by atomic mass is 10.0. The summed E-state index contributed by atoms with van der Waals surface area (Å²) in [5, 5.41) is -0.470. The molecule has 2 unspecified atom stereocenters. The highest BCUT2D eigenvalue weighted by molar-refractivity contribution is 6.33. The first-order valence-corrected chi connectivity index (χ1v) is 5.49. The number of halogens is 1. The Labute approximate surface area is 94.2 Å². The predicted octanol–water partition coefficient (Wildman–Crippen LogP) is 2.82. The average Bonchev–Trinajstić information content (AvgIpc) is 2.55. The van der Waals surface area contributed by atoms with Crippen LogP contribution in [0, 0.1) is 0 Å².